The molecule has 28 heavy (non-hydrogen) atoms. The number of rotatable bonds is 12. The van der Waals surface area contributed by atoms with Gasteiger partial charge in [0.25, 0.3) is 0 Å². The lowest BCUT2D eigenvalue weighted by Gasteiger charge is -2.52. The average molecular weight is 397 g/mol. The van der Waals surface area contributed by atoms with E-state index in [0.717, 1.165) is 13.0 Å². The Labute approximate surface area is 174 Å². The van der Waals surface area contributed by atoms with Gasteiger partial charge in [-0.15, -0.1) is 0 Å². The fourth-order valence-electron chi connectivity index (χ4n) is 3.94. The van der Waals surface area contributed by atoms with Gasteiger partial charge in [-0.25, -0.2) is 0 Å². The smallest absolute Gasteiger partial charge is 0.312 e. The second-order valence-corrected chi connectivity index (χ2v) is 10.5. The summed E-state index contributed by atoms with van der Waals surface area (Å²) in [6, 6.07) is 0. The molecule has 0 bridgehead atoms. The summed E-state index contributed by atoms with van der Waals surface area (Å²) in [6.45, 7) is 20.5. The molecule has 0 saturated carbocycles. The van der Waals surface area contributed by atoms with Crippen LogP contribution < -0.4 is 0 Å². The van der Waals surface area contributed by atoms with Crippen molar-refractivity contribution in [3.8, 4) is 0 Å². The summed E-state index contributed by atoms with van der Waals surface area (Å²) in [4.78, 5) is 28.0. The van der Waals surface area contributed by atoms with Crippen LogP contribution in [0.25, 0.3) is 0 Å². The van der Waals surface area contributed by atoms with Gasteiger partial charge in [-0.1, -0.05) is 41.5 Å². The number of likely N-dealkylation sites (N-methyl/N-ethyl adjacent to an activating group) is 1. The second kappa shape index (κ2) is 10.1. The van der Waals surface area contributed by atoms with Gasteiger partial charge in [0.05, 0.1) is 17.4 Å². The van der Waals surface area contributed by atoms with Crippen LogP contribution in [0.4, 0.5) is 0 Å². The lowest BCUT2D eigenvalue weighted by Crippen LogP contribution is -2.52. The Kier molecular flexibility index (Phi) is 9.76. The molecule has 0 rings (SSSR count). The van der Waals surface area contributed by atoms with E-state index in [2.05, 4.69) is 47.4 Å². The summed E-state index contributed by atoms with van der Waals surface area (Å²) < 4.78 is 11.1. The third-order valence-corrected chi connectivity index (χ3v) is 6.38. The Morgan fingerprint density at radius 2 is 1.39 bits per heavy atom. The van der Waals surface area contributed by atoms with Crippen LogP contribution in [0.1, 0.15) is 75.2 Å². The van der Waals surface area contributed by atoms with E-state index >= 15 is 0 Å². The van der Waals surface area contributed by atoms with E-state index in [4.69, 9.17) is 9.47 Å². The van der Waals surface area contributed by atoms with E-state index in [-0.39, 0.29) is 17.3 Å². The molecule has 0 spiro atoms. The zero-order chi connectivity index (χ0) is 22.4. The monoisotopic (exact) mass is 397 g/mol. The maximum atomic E-state index is 13.3. The molecule has 164 valence electrons. The van der Waals surface area contributed by atoms with E-state index in [0.29, 0.717) is 26.2 Å². The van der Waals surface area contributed by atoms with Crippen molar-refractivity contribution in [2.24, 2.45) is 16.2 Å². The summed E-state index contributed by atoms with van der Waals surface area (Å²) in [6.07, 6.45) is 1.32. The Bertz CT molecular complexity index is 525. The van der Waals surface area contributed by atoms with Crippen molar-refractivity contribution in [2.45, 2.75) is 80.5 Å². The van der Waals surface area contributed by atoms with Crippen molar-refractivity contribution in [2.75, 3.05) is 33.4 Å². The fraction of sp³-hybridized carbons (Fsp3) is 0.909. The van der Waals surface area contributed by atoms with Gasteiger partial charge in [0, 0.05) is 6.54 Å². The highest BCUT2D eigenvalue weighted by molar-refractivity contribution is 6.17. The molecular weight excluding hydrogens is 353 g/mol. The maximum absolute atomic E-state index is 13.3. The minimum absolute atomic E-state index is 0.202. The summed E-state index contributed by atoms with van der Waals surface area (Å²) in [7, 11) is 4.07. The third-order valence-electron chi connectivity index (χ3n) is 6.38. The van der Waals surface area contributed by atoms with Crippen molar-refractivity contribution < 1.29 is 19.1 Å². The van der Waals surface area contributed by atoms with Gasteiger partial charge < -0.3 is 14.4 Å². The number of nitrogens with zero attached hydrogens (tertiary/aromatic N) is 1. The molecule has 0 N–H and O–H groups in total. The largest absolute Gasteiger partial charge is 0.465 e. The molecule has 0 aliphatic rings. The molecule has 5 nitrogen and oxygen atoms in total. The van der Waals surface area contributed by atoms with E-state index in [9.17, 15) is 9.59 Å². The number of carbonyl (C=O) groups excluding carboxylic acids is 2. The van der Waals surface area contributed by atoms with Crippen LogP contribution in [-0.4, -0.2) is 58.0 Å². The zero-order valence-electron chi connectivity index (χ0n) is 20.3. The van der Waals surface area contributed by atoms with Crippen molar-refractivity contribution in [1.29, 1.82) is 0 Å². The molecule has 0 aromatic heterocycles. The molecule has 0 saturated heterocycles. The van der Waals surface area contributed by atoms with E-state index < -0.39 is 16.2 Å². The minimum Gasteiger partial charge on any atom is -0.465 e. The third kappa shape index (κ3) is 6.50. The Morgan fingerprint density at radius 3 is 1.82 bits per heavy atom. The Hall–Kier alpha value is -1.04. The molecular formula is C22H44BNO4. The molecule has 0 aromatic rings. The van der Waals surface area contributed by atoms with Gasteiger partial charge in [-0.2, -0.15) is 0 Å². The summed E-state index contributed by atoms with van der Waals surface area (Å²) in [5.74, 6) is -0.413. The highest BCUT2D eigenvalue weighted by Crippen LogP contribution is 2.58. The van der Waals surface area contributed by atoms with Crippen LogP contribution in [0.2, 0.25) is 5.31 Å². The van der Waals surface area contributed by atoms with Crippen molar-refractivity contribution in [3.63, 3.8) is 0 Å². The molecule has 0 fully saturated rings. The van der Waals surface area contributed by atoms with Crippen molar-refractivity contribution >= 4 is 19.8 Å². The number of hydrogen-bond acceptors (Lipinski definition) is 5. The lowest BCUT2D eigenvalue weighted by atomic mass is 9.44. The number of esters is 2. The van der Waals surface area contributed by atoms with Gasteiger partial charge in [0.2, 0.25) is 0 Å². The van der Waals surface area contributed by atoms with E-state index in [1.807, 2.05) is 34.7 Å². The topological polar surface area (TPSA) is 55.8 Å². The molecule has 0 radical (unpaired) electrons. The first-order valence-corrected chi connectivity index (χ1v) is 10.6. The van der Waals surface area contributed by atoms with Gasteiger partial charge in [0.1, 0.15) is 14.5 Å². The molecule has 1 unspecified atom stereocenters. The molecule has 0 aliphatic heterocycles. The van der Waals surface area contributed by atoms with Crippen LogP contribution in [0.15, 0.2) is 0 Å². The van der Waals surface area contributed by atoms with E-state index in [1.165, 1.54) is 0 Å². The summed E-state index contributed by atoms with van der Waals surface area (Å²) in [5.41, 5.74) is -1.94. The van der Waals surface area contributed by atoms with Gasteiger partial charge >= 0.3 is 11.9 Å². The number of hydrogen-bond donors (Lipinski definition) is 0. The van der Waals surface area contributed by atoms with Crippen LogP contribution >= 0.6 is 0 Å². The number of ether oxygens (including phenoxy) is 2. The predicted molar refractivity (Wildman–Crippen MR) is 118 cm³/mol. The highest BCUT2D eigenvalue weighted by Gasteiger charge is 2.57. The van der Waals surface area contributed by atoms with E-state index in [1.54, 1.807) is 0 Å². The maximum Gasteiger partial charge on any atom is 0.312 e. The van der Waals surface area contributed by atoms with Gasteiger partial charge in [-0.3, -0.25) is 9.59 Å². The van der Waals surface area contributed by atoms with Crippen LogP contribution in [0.5, 0.6) is 0 Å². The Balaban J connectivity index is 5.61. The first kappa shape index (κ1) is 27.0. The molecule has 0 aliphatic carbocycles. The normalized spacial score (nSPS) is 15.2. The van der Waals surface area contributed by atoms with Crippen molar-refractivity contribution in [1.82, 2.24) is 4.90 Å². The second-order valence-electron chi connectivity index (χ2n) is 10.5. The molecule has 0 heterocycles. The van der Waals surface area contributed by atoms with Crippen molar-refractivity contribution in [3.05, 3.63) is 0 Å². The van der Waals surface area contributed by atoms with Gasteiger partial charge in [0.15, 0.2) is 0 Å². The summed E-state index contributed by atoms with van der Waals surface area (Å²) >= 11 is 0. The quantitative estimate of drug-likeness (QED) is 0.371. The number of carbonyl (C=O) groups is 2. The Morgan fingerprint density at radius 1 is 0.893 bits per heavy atom. The standard InChI is InChI=1S/C22H44BNO4/c1-11-14-27-17(25)19(3,4)16-20(5,6)22(9,21(7,8)23)18(26)28-15-13-24(10)12-2/h11-16,23H2,1-10H3. The first-order chi connectivity index (χ1) is 12.6. The highest BCUT2D eigenvalue weighted by atomic mass is 16.5. The van der Waals surface area contributed by atoms with Gasteiger partial charge in [-0.05, 0) is 57.9 Å². The predicted octanol–water partition coefficient (Wildman–Crippen LogP) is 3.71. The van der Waals surface area contributed by atoms with Crippen LogP contribution in [0.3, 0.4) is 0 Å². The average Bonchev–Trinajstić information content (AvgIpc) is 2.56. The molecule has 1 atom stereocenters. The molecule has 6 heteroatoms. The molecule has 0 amide bonds. The SMILES string of the molecule is BC(C)(C)C(C)(C(=O)OCCN(C)CC)C(C)(C)CC(C)(C)C(=O)OCCC. The lowest BCUT2D eigenvalue weighted by molar-refractivity contribution is -0.172. The first-order valence-electron chi connectivity index (χ1n) is 10.6. The summed E-state index contributed by atoms with van der Waals surface area (Å²) in [5, 5.41) is -0.340. The minimum atomic E-state index is -0.771. The fourth-order valence-corrected chi connectivity index (χ4v) is 3.94. The zero-order valence-corrected chi connectivity index (χ0v) is 20.3. The van der Waals surface area contributed by atoms with Crippen LogP contribution in [0, 0.1) is 16.2 Å². The van der Waals surface area contributed by atoms with Crippen LogP contribution in [-0.2, 0) is 19.1 Å². The molecule has 0 aromatic carbocycles.